The molecule has 0 saturated heterocycles. The predicted octanol–water partition coefficient (Wildman–Crippen LogP) is 1.46. The molecule has 2 nitrogen and oxygen atoms in total. The molecule has 0 aliphatic rings. The largest absolute Gasteiger partial charge is 0.380 e. The van der Waals surface area contributed by atoms with E-state index >= 15 is 0 Å². The summed E-state index contributed by atoms with van der Waals surface area (Å²) in [6.45, 7) is 0. The first-order chi connectivity index (χ1) is 6.52. The summed E-state index contributed by atoms with van der Waals surface area (Å²) >= 11 is 16.3. The molecule has 0 heterocycles. The summed E-state index contributed by atoms with van der Waals surface area (Å²) in [7, 11) is 2.35. The molecule has 0 aromatic rings. The number of thiol groups is 4. The standard InChI is InChI=1S/C6H14O2S6/c7-5(3(11)1-9)13-14-6(8)4(12)2-10/h3-12H,1-2H2. The molecule has 4 unspecified atom stereocenters. The van der Waals surface area contributed by atoms with Crippen LogP contribution in [-0.2, 0) is 0 Å². The SMILES string of the molecule is OC(SSC(O)C(S)CS)C(S)CS. The van der Waals surface area contributed by atoms with Crippen molar-refractivity contribution < 1.29 is 10.2 Å². The molecule has 8 heteroatoms. The van der Waals surface area contributed by atoms with Gasteiger partial charge >= 0.3 is 0 Å². The molecule has 0 aromatic carbocycles. The summed E-state index contributed by atoms with van der Waals surface area (Å²) in [6.07, 6.45) is 0. The summed E-state index contributed by atoms with van der Waals surface area (Å²) in [6, 6.07) is 0. The number of rotatable bonds is 7. The number of hydrogen-bond acceptors (Lipinski definition) is 8. The summed E-state index contributed by atoms with van der Waals surface area (Å²) in [4.78, 5) is 0. The van der Waals surface area contributed by atoms with Crippen molar-refractivity contribution in [2.75, 3.05) is 11.5 Å². The molecule has 86 valence electrons. The lowest BCUT2D eigenvalue weighted by atomic mass is 10.5. The van der Waals surface area contributed by atoms with Crippen molar-refractivity contribution in [3.05, 3.63) is 0 Å². The first-order valence-electron chi connectivity index (χ1n) is 3.79. The van der Waals surface area contributed by atoms with Gasteiger partial charge in [0.2, 0.25) is 0 Å². The highest BCUT2D eigenvalue weighted by atomic mass is 33.1. The lowest BCUT2D eigenvalue weighted by Crippen LogP contribution is -2.21. The van der Waals surface area contributed by atoms with Crippen LogP contribution in [0.1, 0.15) is 0 Å². The van der Waals surface area contributed by atoms with Crippen LogP contribution in [0.5, 0.6) is 0 Å². The van der Waals surface area contributed by atoms with E-state index in [1.807, 2.05) is 0 Å². The van der Waals surface area contributed by atoms with Crippen LogP contribution in [-0.4, -0.2) is 43.1 Å². The Morgan fingerprint density at radius 3 is 1.36 bits per heavy atom. The van der Waals surface area contributed by atoms with Gasteiger partial charge in [-0.2, -0.15) is 50.5 Å². The van der Waals surface area contributed by atoms with E-state index in [4.69, 9.17) is 0 Å². The molecule has 14 heavy (non-hydrogen) atoms. The molecule has 0 radical (unpaired) electrons. The molecule has 2 N–H and O–H groups in total. The first kappa shape index (κ1) is 16.0. The lowest BCUT2D eigenvalue weighted by Gasteiger charge is -2.19. The van der Waals surface area contributed by atoms with E-state index in [2.05, 4.69) is 50.5 Å². The molecule has 0 bridgehead atoms. The van der Waals surface area contributed by atoms with Gasteiger partial charge in [0.05, 0.1) is 0 Å². The van der Waals surface area contributed by atoms with Crippen LogP contribution in [0.3, 0.4) is 0 Å². The van der Waals surface area contributed by atoms with E-state index in [0.29, 0.717) is 11.5 Å². The molecule has 0 aliphatic heterocycles. The van der Waals surface area contributed by atoms with E-state index in [1.165, 1.54) is 21.6 Å². The van der Waals surface area contributed by atoms with Crippen molar-refractivity contribution in [3.8, 4) is 0 Å². The van der Waals surface area contributed by atoms with Crippen LogP contribution in [0.15, 0.2) is 0 Å². The van der Waals surface area contributed by atoms with E-state index < -0.39 is 10.9 Å². The van der Waals surface area contributed by atoms with Gasteiger partial charge in [-0.25, -0.2) is 0 Å². The second-order valence-corrected chi connectivity index (χ2v) is 7.04. The molecule has 0 fully saturated rings. The van der Waals surface area contributed by atoms with Crippen LogP contribution in [0.2, 0.25) is 0 Å². The molecular formula is C6H14O2S6. The number of aliphatic hydroxyl groups is 2. The summed E-state index contributed by atoms with van der Waals surface area (Å²) < 4.78 is 0. The monoisotopic (exact) mass is 310 g/mol. The van der Waals surface area contributed by atoms with Gasteiger partial charge in [-0.3, -0.25) is 0 Å². The Bertz CT molecular complexity index is 132. The molecule has 0 saturated carbocycles. The smallest absolute Gasteiger partial charge is 0.122 e. The maximum atomic E-state index is 9.48. The fraction of sp³-hybridized carbons (Fsp3) is 1.00. The van der Waals surface area contributed by atoms with Crippen molar-refractivity contribution in [1.29, 1.82) is 0 Å². The van der Waals surface area contributed by atoms with Gasteiger partial charge in [0.25, 0.3) is 0 Å². The minimum absolute atomic E-state index is 0.197. The van der Waals surface area contributed by atoms with Crippen molar-refractivity contribution in [1.82, 2.24) is 0 Å². The Labute approximate surface area is 114 Å². The third kappa shape index (κ3) is 6.57. The average Bonchev–Trinajstić information content (AvgIpc) is 2.22. The van der Waals surface area contributed by atoms with Crippen molar-refractivity contribution in [3.63, 3.8) is 0 Å². The molecule has 4 atom stereocenters. The Morgan fingerprint density at radius 2 is 1.14 bits per heavy atom. The van der Waals surface area contributed by atoms with Crippen LogP contribution in [0.4, 0.5) is 0 Å². The van der Waals surface area contributed by atoms with Crippen molar-refractivity contribution in [2.45, 2.75) is 21.4 Å². The van der Waals surface area contributed by atoms with E-state index in [0.717, 1.165) is 0 Å². The zero-order valence-electron chi connectivity index (χ0n) is 7.22. The molecule has 0 spiro atoms. The summed E-state index contributed by atoms with van der Waals surface area (Å²) in [5, 5.41) is 18.6. The molecule has 0 aliphatic carbocycles. The average molecular weight is 311 g/mol. The summed E-state index contributed by atoms with van der Waals surface area (Å²) in [5.74, 6) is 0.982. The quantitative estimate of drug-likeness (QED) is 0.245. The minimum atomic E-state index is -0.643. The van der Waals surface area contributed by atoms with Gasteiger partial charge in [0.1, 0.15) is 10.9 Å². The van der Waals surface area contributed by atoms with Gasteiger partial charge in [-0.1, -0.05) is 21.6 Å². The maximum absolute atomic E-state index is 9.48. The highest BCUT2D eigenvalue weighted by Gasteiger charge is 2.19. The third-order valence-corrected chi connectivity index (χ3v) is 6.66. The third-order valence-electron chi connectivity index (χ3n) is 1.29. The fourth-order valence-corrected chi connectivity index (χ4v) is 4.13. The molecule has 0 amide bonds. The van der Waals surface area contributed by atoms with Gasteiger partial charge in [-0.05, 0) is 0 Å². The Kier molecular flexibility index (Phi) is 10.4. The predicted molar refractivity (Wildman–Crippen MR) is 80.4 cm³/mol. The molecule has 0 rings (SSSR count). The Hall–Kier alpha value is 2.02. The normalized spacial score (nSPS) is 20.1. The maximum Gasteiger partial charge on any atom is 0.122 e. The van der Waals surface area contributed by atoms with Gasteiger partial charge < -0.3 is 10.2 Å². The molecule has 0 aromatic heterocycles. The van der Waals surface area contributed by atoms with E-state index in [-0.39, 0.29) is 10.5 Å². The van der Waals surface area contributed by atoms with Crippen LogP contribution in [0, 0.1) is 0 Å². The lowest BCUT2D eigenvalue weighted by molar-refractivity contribution is 0.264. The molecular weight excluding hydrogens is 296 g/mol. The van der Waals surface area contributed by atoms with Gasteiger partial charge in [0, 0.05) is 22.0 Å². The minimum Gasteiger partial charge on any atom is -0.380 e. The van der Waals surface area contributed by atoms with Gasteiger partial charge in [-0.15, -0.1) is 0 Å². The van der Waals surface area contributed by atoms with Crippen molar-refractivity contribution in [2.24, 2.45) is 0 Å². The zero-order chi connectivity index (χ0) is 11.1. The highest BCUT2D eigenvalue weighted by Crippen LogP contribution is 2.34. The van der Waals surface area contributed by atoms with Crippen molar-refractivity contribution >= 4 is 72.1 Å². The van der Waals surface area contributed by atoms with E-state index in [1.54, 1.807) is 0 Å². The Morgan fingerprint density at radius 1 is 0.857 bits per heavy atom. The summed E-state index contributed by atoms with van der Waals surface area (Å²) in [5.41, 5.74) is -1.29. The zero-order valence-corrected chi connectivity index (χ0v) is 12.4. The van der Waals surface area contributed by atoms with Crippen LogP contribution < -0.4 is 0 Å². The first-order valence-corrected chi connectivity index (χ1v) is 8.36. The highest BCUT2D eigenvalue weighted by molar-refractivity contribution is 8.77. The fourth-order valence-electron chi connectivity index (χ4n) is 0.422. The second-order valence-electron chi connectivity index (χ2n) is 2.47. The second kappa shape index (κ2) is 9.09. The van der Waals surface area contributed by atoms with Gasteiger partial charge in [0.15, 0.2) is 0 Å². The van der Waals surface area contributed by atoms with E-state index in [9.17, 15) is 10.2 Å². The Balaban J connectivity index is 3.70. The number of aliphatic hydroxyl groups excluding tert-OH is 2. The van der Waals surface area contributed by atoms with Crippen LogP contribution in [0.25, 0.3) is 0 Å². The van der Waals surface area contributed by atoms with Crippen LogP contribution >= 0.6 is 72.1 Å². The number of hydrogen-bond donors (Lipinski definition) is 6. The topological polar surface area (TPSA) is 40.5 Å².